The number of aromatic nitrogens is 2. The van der Waals surface area contributed by atoms with Gasteiger partial charge in [-0.1, -0.05) is 6.07 Å². The average molecular weight is 426 g/mol. The van der Waals surface area contributed by atoms with E-state index in [-0.39, 0.29) is 23.0 Å². The zero-order valence-corrected chi connectivity index (χ0v) is 17.4. The van der Waals surface area contributed by atoms with Crippen LogP contribution < -0.4 is 5.32 Å². The van der Waals surface area contributed by atoms with Crippen molar-refractivity contribution in [2.45, 2.75) is 25.8 Å². The highest BCUT2D eigenvalue weighted by molar-refractivity contribution is 5.89. The van der Waals surface area contributed by atoms with Crippen molar-refractivity contribution in [1.82, 2.24) is 14.7 Å². The number of halogens is 2. The summed E-state index contributed by atoms with van der Waals surface area (Å²) in [6.07, 6.45) is 5.36. The normalized spacial score (nSPS) is 15.2. The van der Waals surface area contributed by atoms with Crippen LogP contribution in [0.25, 0.3) is 22.3 Å². The third-order valence-corrected chi connectivity index (χ3v) is 5.64. The molecule has 0 spiro atoms. The minimum Gasteiger partial charge on any atom is -0.507 e. The molecule has 4 rings (SSSR count). The van der Waals surface area contributed by atoms with E-state index < -0.39 is 17.5 Å². The lowest BCUT2D eigenvalue weighted by Crippen LogP contribution is -2.31. The van der Waals surface area contributed by atoms with Crippen LogP contribution in [0.4, 0.5) is 14.5 Å². The summed E-state index contributed by atoms with van der Waals surface area (Å²) < 4.78 is 30.7. The van der Waals surface area contributed by atoms with E-state index in [4.69, 9.17) is 0 Å². The molecule has 162 valence electrons. The molecule has 1 saturated heterocycles. The Morgan fingerprint density at radius 1 is 1.13 bits per heavy atom. The van der Waals surface area contributed by atoms with Crippen molar-refractivity contribution in [3.05, 3.63) is 54.4 Å². The van der Waals surface area contributed by atoms with E-state index in [2.05, 4.69) is 22.4 Å². The second kappa shape index (κ2) is 8.47. The van der Waals surface area contributed by atoms with Crippen molar-refractivity contribution in [3.63, 3.8) is 0 Å². The molecule has 0 radical (unpaired) electrons. The molecular weight excluding hydrogens is 402 g/mol. The number of amides is 1. The quantitative estimate of drug-likeness (QED) is 0.648. The first-order chi connectivity index (χ1) is 14.8. The Morgan fingerprint density at radius 2 is 1.81 bits per heavy atom. The number of nitrogens with one attached hydrogen (secondary N) is 1. The number of nitrogens with zero attached hydrogens (tertiary/aromatic N) is 3. The molecule has 0 unspecified atom stereocenters. The molecule has 0 saturated carbocycles. The Bertz CT molecular complexity index is 1120. The molecule has 6 nitrogen and oxygen atoms in total. The van der Waals surface area contributed by atoms with Gasteiger partial charge in [-0.2, -0.15) is 5.10 Å². The Balaban J connectivity index is 1.67. The van der Waals surface area contributed by atoms with Crippen LogP contribution in [0.15, 0.2) is 42.7 Å². The smallest absolute Gasteiger partial charge is 0.221 e. The van der Waals surface area contributed by atoms with Crippen LogP contribution in [0.5, 0.6) is 5.75 Å². The number of phenolic OH excluding ortho intramolecular Hbond substituents is 1. The minimum absolute atomic E-state index is 0.0202. The second-order valence-electron chi connectivity index (χ2n) is 7.97. The van der Waals surface area contributed by atoms with E-state index >= 15 is 0 Å². The summed E-state index contributed by atoms with van der Waals surface area (Å²) in [6, 6.07) is 6.73. The number of aromatic hydroxyl groups is 1. The zero-order valence-electron chi connectivity index (χ0n) is 17.4. The maximum Gasteiger partial charge on any atom is 0.221 e. The van der Waals surface area contributed by atoms with E-state index in [0.29, 0.717) is 16.7 Å². The summed E-state index contributed by atoms with van der Waals surface area (Å²) >= 11 is 0. The maximum absolute atomic E-state index is 14.4. The number of carbonyl (C=O) groups is 1. The first-order valence-corrected chi connectivity index (χ1v) is 10.1. The van der Waals surface area contributed by atoms with Crippen LogP contribution in [0.2, 0.25) is 0 Å². The van der Waals surface area contributed by atoms with Gasteiger partial charge in [0.25, 0.3) is 0 Å². The maximum atomic E-state index is 14.4. The lowest BCUT2D eigenvalue weighted by Gasteiger charge is -2.28. The Labute approximate surface area is 179 Å². The van der Waals surface area contributed by atoms with Gasteiger partial charge in [0.1, 0.15) is 17.4 Å². The fraction of sp³-hybridized carbons (Fsp3) is 0.304. The summed E-state index contributed by atoms with van der Waals surface area (Å²) in [4.78, 5) is 13.4. The third kappa shape index (κ3) is 4.44. The minimum atomic E-state index is -0.673. The number of rotatable bonds is 4. The van der Waals surface area contributed by atoms with Crippen LogP contribution >= 0.6 is 0 Å². The lowest BCUT2D eigenvalue weighted by molar-refractivity contribution is -0.114. The van der Waals surface area contributed by atoms with Crippen molar-refractivity contribution < 1.29 is 18.7 Å². The van der Waals surface area contributed by atoms with Crippen LogP contribution in [-0.4, -0.2) is 45.8 Å². The number of carbonyl (C=O) groups excluding carboxylic acids is 1. The van der Waals surface area contributed by atoms with E-state index in [1.54, 1.807) is 6.20 Å². The van der Waals surface area contributed by atoms with Crippen molar-refractivity contribution in [1.29, 1.82) is 0 Å². The van der Waals surface area contributed by atoms with E-state index in [0.717, 1.165) is 38.1 Å². The fourth-order valence-corrected chi connectivity index (χ4v) is 3.95. The van der Waals surface area contributed by atoms with Crippen LogP contribution in [0.1, 0.15) is 25.8 Å². The van der Waals surface area contributed by atoms with Gasteiger partial charge < -0.3 is 15.3 Å². The SMILES string of the molecule is CC(=O)Nc1ccc(-c2cc(F)cc(-c3cnn(C4CCN(C)CC4)c3)c2O)cc1F. The number of benzene rings is 2. The van der Waals surface area contributed by atoms with Gasteiger partial charge in [0.15, 0.2) is 0 Å². The topological polar surface area (TPSA) is 70.4 Å². The summed E-state index contributed by atoms with van der Waals surface area (Å²) in [7, 11) is 2.09. The third-order valence-electron chi connectivity index (χ3n) is 5.64. The first kappa shape index (κ1) is 21.0. The van der Waals surface area contributed by atoms with Gasteiger partial charge in [0, 0.05) is 29.8 Å². The molecule has 2 aromatic carbocycles. The highest BCUT2D eigenvalue weighted by Gasteiger charge is 2.21. The molecule has 1 amide bonds. The molecule has 0 atom stereocenters. The van der Waals surface area contributed by atoms with E-state index in [1.807, 2.05) is 10.9 Å². The lowest BCUT2D eigenvalue weighted by atomic mass is 9.98. The summed E-state index contributed by atoms with van der Waals surface area (Å²) in [5.74, 6) is -1.78. The predicted octanol–water partition coefficient (Wildman–Crippen LogP) is 4.43. The van der Waals surface area contributed by atoms with Crippen molar-refractivity contribution >= 4 is 11.6 Å². The first-order valence-electron chi connectivity index (χ1n) is 10.1. The van der Waals surface area contributed by atoms with Crippen LogP contribution in [0, 0.1) is 11.6 Å². The zero-order chi connectivity index (χ0) is 22.1. The molecule has 2 N–H and O–H groups in total. The van der Waals surface area contributed by atoms with Gasteiger partial charge in [0.2, 0.25) is 5.91 Å². The summed E-state index contributed by atoms with van der Waals surface area (Å²) in [5, 5.41) is 17.7. The van der Waals surface area contributed by atoms with Gasteiger partial charge in [-0.15, -0.1) is 0 Å². The van der Waals surface area contributed by atoms with Crippen LogP contribution in [-0.2, 0) is 4.79 Å². The van der Waals surface area contributed by atoms with Gasteiger partial charge in [-0.3, -0.25) is 9.48 Å². The Kier molecular flexibility index (Phi) is 5.73. The van der Waals surface area contributed by atoms with Gasteiger partial charge in [-0.25, -0.2) is 8.78 Å². The molecule has 8 heteroatoms. The molecule has 31 heavy (non-hydrogen) atoms. The molecule has 1 aromatic heterocycles. The molecule has 0 bridgehead atoms. The Hall–Kier alpha value is -3.26. The molecule has 1 aliphatic heterocycles. The van der Waals surface area contributed by atoms with Crippen molar-refractivity contribution in [2.24, 2.45) is 0 Å². The molecule has 1 fully saturated rings. The highest BCUT2D eigenvalue weighted by Crippen LogP contribution is 2.40. The molecule has 3 aromatic rings. The molecule has 0 aliphatic carbocycles. The summed E-state index contributed by atoms with van der Waals surface area (Å²) in [6.45, 7) is 3.24. The Morgan fingerprint density at radius 3 is 2.45 bits per heavy atom. The van der Waals surface area contributed by atoms with Crippen LogP contribution in [0.3, 0.4) is 0 Å². The number of hydrogen-bond donors (Lipinski definition) is 2. The number of likely N-dealkylation sites (tertiary alicyclic amines) is 1. The van der Waals surface area contributed by atoms with Crippen molar-refractivity contribution in [2.75, 3.05) is 25.5 Å². The van der Waals surface area contributed by atoms with Crippen molar-refractivity contribution in [3.8, 4) is 28.0 Å². The fourth-order valence-electron chi connectivity index (χ4n) is 3.95. The molecular formula is C23H24F2N4O2. The van der Waals surface area contributed by atoms with Gasteiger partial charge in [-0.05, 0) is 62.8 Å². The number of piperidine rings is 1. The number of hydrogen-bond acceptors (Lipinski definition) is 4. The van der Waals surface area contributed by atoms with E-state index in [1.165, 1.54) is 25.1 Å². The average Bonchev–Trinajstić information content (AvgIpc) is 3.21. The van der Waals surface area contributed by atoms with Gasteiger partial charge in [0.05, 0.1) is 17.9 Å². The monoisotopic (exact) mass is 426 g/mol. The largest absolute Gasteiger partial charge is 0.507 e. The van der Waals surface area contributed by atoms with E-state index in [9.17, 15) is 18.7 Å². The number of anilines is 1. The highest BCUT2D eigenvalue weighted by atomic mass is 19.1. The number of phenols is 1. The van der Waals surface area contributed by atoms with Gasteiger partial charge >= 0.3 is 0 Å². The predicted molar refractivity (Wildman–Crippen MR) is 115 cm³/mol. The molecule has 2 heterocycles. The molecule has 1 aliphatic rings. The second-order valence-corrected chi connectivity index (χ2v) is 7.97. The standard InChI is InChI=1S/C23H24F2N4O2/c1-14(30)27-22-4-3-15(9-21(22)25)19-10-17(24)11-20(23(19)31)16-12-26-29(13-16)18-5-7-28(2)8-6-18/h3-4,9-13,18,31H,5-8H2,1-2H3,(H,27,30). The summed E-state index contributed by atoms with van der Waals surface area (Å²) in [5.41, 5.74) is 1.36.